The second kappa shape index (κ2) is 7.70. The number of aryl methyl sites for hydroxylation is 2. The van der Waals surface area contributed by atoms with Crippen molar-refractivity contribution < 1.29 is 8.42 Å². The summed E-state index contributed by atoms with van der Waals surface area (Å²) >= 11 is 6.31. The van der Waals surface area contributed by atoms with E-state index in [9.17, 15) is 13.2 Å². The van der Waals surface area contributed by atoms with Gasteiger partial charge in [-0.05, 0) is 49.7 Å². The molecule has 0 radical (unpaired) electrons. The maximum atomic E-state index is 13.3. The molecule has 0 aliphatic rings. The number of pyridine rings is 2. The van der Waals surface area contributed by atoms with Crippen molar-refractivity contribution in [1.82, 2.24) is 9.55 Å². The molecule has 4 rings (SSSR count). The van der Waals surface area contributed by atoms with E-state index >= 15 is 0 Å². The van der Waals surface area contributed by atoms with Crippen LogP contribution >= 0.6 is 11.6 Å². The number of hydrogen-bond acceptors (Lipinski definition) is 4. The van der Waals surface area contributed by atoms with E-state index in [0.29, 0.717) is 10.7 Å². The van der Waals surface area contributed by atoms with Crippen LogP contribution in [-0.2, 0) is 16.4 Å². The standard InChI is InChI=1S/C23H19ClN2O3S/c1-15-7-10-18(11-8-15)30(28,29)21-14-26(13-17-5-3-4-6-20(17)24)23-19(22(21)27)12-9-16(2)25-23/h3-12,14H,13H2,1-2H3. The summed E-state index contributed by atoms with van der Waals surface area (Å²) in [6.07, 6.45) is 1.37. The van der Waals surface area contributed by atoms with Crippen LogP contribution in [0.5, 0.6) is 0 Å². The monoisotopic (exact) mass is 438 g/mol. The lowest BCUT2D eigenvalue weighted by molar-refractivity contribution is 0.594. The maximum absolute atomic E-state index is 13.3. The molecule has 0 N–H and O–H groups in total. The Morgan fingerprint density at radius 1 is 0.967 bits per heavy atom. The Morgan fingerprint density at radius 2 is 1.67 bits per heavy atom. The molecule has 0 atom stereocenters. The summed E-state index contributed by atoms with van der Waals surface area (Å²) in [5.41, 5.74) is 2.31. The van der Waals surface area contributed by atoms with Gasteiger partial charge < -0.3 is 4.57 Å². The molecule has 7 heteroatoms. The third-order valence-electron chi connectivity index (χ3n) is 4.95. The summed E-state index contributed by atoms with van der Waals surface area (Å²) < 4.78 is 28.2. The van der Waals surface area contributed by atoms with Crippen molar-refractivity contribution in [2.24, 2.45) is 0 Å². The van der Waals surface area contributed by atoms with Gasteiger partial charge in [0.1, 0.15) is 10.5 Å². The highest BCUT2D eigenvalue weighted by molar-refractivity contribution is 7.91. The van der Waals surface area contributed by atoms with Crippen LogP contribution in [0.15, 0.2) is 81.4 Å². The number of sulfone groups is 1. The number of aromatic nitrogens is 2. The number of rotatable bonds is 4. The highest BCUT2D eigenvalue weighted by atomic mass is 35.5. The first-order valence-corrected chi connectivity index (χ1v) is 11.2. The third kappa shape index (κ3) is 3.64. The van der Waals surface area contributed by atoms with Gasteiger partial charge in [0.2, 0.25) is 15.3 Å². The van der Waals surface area contributed by atoms with Crippen LogP contribution in [0.25, 0.3) is 11.0 Å². The van der Waals surface area contributed by atoms with Crippen LogP contribution in [0.1, 0.15) is 16.8 Å². The zero-order valence-corrected chi connectivity index (χ0v) is 18.0. The third-order valence-corrected chi connectivity index (χ3v) is 7.08. The second-order valence-electron chi connectivity index (χ2n) is 7.18. The summed E-state index contributed by atoms with van der Waals surface area (Å²) in [4.78, 5) is 17.4. The Hall–Kier alpha value is -2.96. The summed E-state index contributed by atoms with van der Waals surface area (Å²) in [6.45, 7) is 3.97. The Kier molecular flexibility index (Phi) is 5.22. The van der Waals surface area contributed by atoms with E-state index in [4.69, 9.17) is 11.6 Å². The molecular formula is C23H19ClN2O3S. The van der Waals surface area contributed by atoms with E-state index in [2.05, 4.69) is 4.98 Å². The van der Waals surface area contributed by atoms with Crippen LogP contribution in [0.2, 0.25) is 5.02 Å². The van der Waals surface area contributed by atoms with Gasteiger partial charge in [0, 0.05) is 16.9 Å². The van der Waals surface area contributed by atoms with E-state index in [0.717, 1.165) is 16.8 Å². The first kappa shape index (κ1) is 20.3. The molecule has 0 unspecified atom stereocenters. The van der Waals surface area contributed by atoms with Crippen molar-refractivity contribution in [2.45, 2.75) is 30.2 Å². The Bertz CT molecular complexity index is 1430. The van der Waals surface area contributed by atoms with Crippen molar-refractivity contribution in [3.05, 3.63) is 98.9 Å². The average molecular weight is 439 g/mol. The molecule has 0 aliphatic carbocycles. The van der Waals surface area contributed by atoms with E-state index in [-0.39, 0.29) is 21.7 Å². The largest absolute Gasteiger partial charge is 0.326 e. The number of benzene rings is 2. The minimum Gasteiger partial charge on any atom is -0.326 e. The predicted octanol–water partition coefficient (Wildman–Crippen LogP) is 4.55. The zero-order valence-electron chi connectivity index (χ0n) is 16.5. The van der Waals surface area contributed by atoms with E-state index in [1.54, 1.807) is 34.9 Å². The topological polar surface area (TPSA) is 69.0 Å². The molecule has 2 aromatic heterocycles. The van der Waals surface area contributed by atoms with Crippen LogP contribution < -0.4 is 5.43 Å². The summed E-state index contributed by atoms with van der Waals surface area (Å²) in [5, 5.41) is 0.806. The molecule has 2 heterocycles. The van der Waals surface area contributed by atoms with E-state index in [1.807, 2.05) is 32.0 Å². The minimum absolute atomic E-state index is 0.0777. The molecule has 0 saturated heterocycles. The minimum atomic E-state index is -4.01. The molecular weight excluding hydrogens is 420 g/mol. The van der Waals surface area contributed by atoms with Crippen LogP contribution in [0.4, 0.5) is 0 Å². The molecule has 0 fully saturated rings. The highest BCUT2D eigenvalue weighted by Crippen LogP contribution is 2.23. The van der Waals surface area contributed by atoms with Gasteiger partial charge in [-0.2, -0.15) is 0 Å². The fourth-order valence-electron chi connectivity index (χ4n) is 3.30. The van der Waals surface area contributed by atoms with Gasteiger partial charge in [-0.25, -0.2) is 13.4 Å². The lowest BCUT2D eigenvalue weighted by Crippen LogP contribution is -2.20. The molecule has 0 spiro atoms. The Labute approximate surface area is 179 Å². The van der Waals surface area contributed by atoms with Gasteiger partial charge in [-0.3, -0.25) is 4.79 Å². The van der Waals surface area contributed by atoms with Crippen LogP contribution in [0, 0.1) is 13.8 Å². The van der Waals surface area contributed by atoms with Gasteiger partial charge in [0.05, 0.1) is 16.8 Å². The number of hydrogen-bond donors (Lipinski definition) is 0. The van der Waals surface area contributed by atoms with Gasteiger partial charge in [-0.15, -0.1) is 0 Å². The zero-order chi connectivity index (χ0) is 21.5. The fourth-order valence-corrected chi connectivity index (χ4v) is 4.86. The predicted molar refractivity (Wildman–Crippen MR) is 118 cm³/mol. The normalized spacial score (nSPS) is 11.7. The summed E-state index contributed by atoms with van der Waals surface area (Å²) in [5.74, 6) is 0. The van der Waals surface area contributed by atoms with Gasteiger partial charge in [0.25, 0.3) is 0 Å². The van der Waals surface area contributed by atoms with Crippen molar-refractivity contribution >= 4 is 32.5 Å². The molecule has 0 amide bonds. The number of nitrogens with zero attached hydrogens (tertiary/aromatic N) is 2. The van der Waals surface area contributed by atoms with Crippen molar-refractivity contribution in [1.29, 1.82) is 0 Å². The molecule has 0 aliphatic heterocycles. The number of fused-ring (bicyclic) bond motifs is 1. The van der Waals surface area contributed by atoms with E-state index in [1.165, 1.54) is 18.3 Å². The van der Waals surface area contributed by atoms with Crippen molar-refractivity contribution in [3.8, 4) is 0 Å². The Balaban J connectivity index is 1.99. The molecule has 5 nitrogen and oxygen atoms in total. The van der Waals surface area contributed by atoms with Crippen molar-refractivity contribution in [2.75, 3.05) is 0 Å². The SMILES string of the molecule is Cc1ccc(S(=O)(=O)c2cn(Cc3ccccc3Cl)c3nc(C)ccc3c2=O)cc1. The van der Waals surface area contributed by atoms with Crippen LogP contribution in [-0.4, -0.2) is 18.0 Å². The lowest BCUT2D eigenvalue weighted by Gasteiger charge is -2.14. The quantitative estimate of drug-likeness (QED) is 0.468. The van der Waals surface area contributed by atoms with Crippen LogP contribution in [0.3, 0.4) is 0 Å². The molecule has 4 aromatic rings. The molecule has 0 bridgehead atoms. The summed E-state index contributed by atoms with van der Waals surface area (Å²) in [6, 6.07) is 17.1. The molecule has 2 aromatic carbocycles. The van der Waals surface area contributed by atoms with Crippen molar-refractivity contribution in [3.63, 3.8) is 0 Å². The fraction of sp³-hybridized carbons (Fsp3) is 0.130. The smallest absolute Gasteiger partial charge is 0.211 e. The molecule has 0 saturated carbocycles. The molecule has 30 heavy (non-hydrogen) atoms. The Morgan fingerprint density at radius 3 is 2.37 bits per heavy atom. The van der Waals surface area contributed by atoms with E-state index < -0.39 is 15.3 Å². The number of halogens is 1. The average Bonchev–Trinajstić information content (AvgIpc) is 2.71. The lowest BCUT2D eigenvalue weighted by atomic mass is 10.2. The first-order chi connectivity index (χ1) is 14.3. The van der Waals surface area contributed by atoms with Gasteiger partial charge in [-0.1, -0.05) is 47.5 Å². The maximum Gasteiger partial charge on any atom is 0.211 e. The van der Waals surface area contributed by atoms with Gasteiger partial charge in [0.15, 0.2) is 0 Å². The van der Waals surface area contributed by atoms with Gasteiger partial charge >= 0.3 is 0 Å². The molecule has 152 valence electrons. The first-order valence-electron chi connectivity index (χ1n) is 9.33. The highest BCUT2D eigenvalue weighted by Gasteiger charge is 2.24. The summed E-state index contributed by atoms with van der Waals surface area (Å²) in [7, 11) is -4.01. The second-order valence-corrected chi connectivity index (χ2v) is 9.51.